The molecule has 4 heteroatoms. The molecule has 1 saturated carbocycles. The smallest absolute Gasteiger partial charge is 0.0964 e. The van der Waals surface area contributed by atoms with Gasteiger partial charge in [-0.2, -0.15) is 0 Å². The van der Waals surface area contributed by atoms with Gasteiger partial charge >= 0.3 is 0 Å². The van der Waals surface area contributed by atoms with Gasteiger partial charge in [0, 0.05) is 13.2 Å². The van der Waals surface area contributed by atoms with Crippen molar-refractivity contribution in [3.63, 3.8) is 0 Å². The summed E-state index contributed by atoms with van der Waals surface area (Å²) in [5.41, 5.74) is -0.621. The number of aliphatic hydroxyl groups excluding tert-OH is 1. The van der Waals surface area contributed by atoms with Gasteiger partial charge in [0.1, 0.15) is 0 Å². The molecular weight excluding hydrogens is 182 g/mol. The number of methoxy groups -OCH3 is 1. The van der Waals surface area contributed by atoms with Crippen molar-refractivity contribution < 1.29 is 14.9 Å². The third-order valence-electron chi connectivity index (χ3n) is 2.93. The van der Waals surface area contributed by atoms with Crippen LogP contribution in [0, 0.1) is 0 Å². The summed E-state index contributed by atoms with van der Waals surface area (Å²) >= 11 is 0. The van der Waals surface area contributed by atoms with Gasteiger partial charge in [-0.3, -0.25) is 5.32 Å². The van der Waals surface area contributed by atoms with E-state index in [1.54, 1.807) is 7.11 Å². The minimum absolute atomic E-state index is 0.0453. The number of ether oxygens (including phenoxy) is 1. The van der Waals surface area contributed by atoms with Crippen LogP contribution in [0.15, 0.2) is 0 Å². The summed E-state index contributed by atoms with van der Waals surface area (Å²) in [6, 6.07) is 0.0453. The Morgan fingerprint density at radius 1 is 1.43 bits per heavy atom. The topological polar surface area (TPSA) is 61.7 Å². The Kier molecular flexibility index (Phi) is 4.31. The van der Waals surface area contributed by atoms with Crippen LogP contribution in [0.1, 0.15) is 32.6 Å². The highest BCUT2D eigenvalue weighted by atomic mass is 16.5. The Balaban J connectivity index is 2.43. The molecule has 3 unspecified atom stereocenters. The van der Waals surface area contributed by atoms with E-state index in [0.717, 1.165) is 12.8 Å². The predicted molar refractivity (Wildman–Crippen MR) is 53.9 cm³/mol. The van der Waals surface area contributed by atoms with Crippen molar-refractivity contribution in [2.24, 2.45) is 0 Å². The fourth-order valence-electron chi connectivity index (χ4n) is 1.87. The third-order valence-corrected chi connectivity index (χ3v) is 2.93. The molecule has 1 fully saturated rings. The second-order valence-electron chi connectivity index (χ2n) is 4.39. The maximum atomic E-state index is 9.85. The Morgan fingerprint density at radius 2 is 2.07 bits per heavy atom. The Bertz CT molecular complexity index is 173. The SMILES string of the molecule is COCNC1CCC(C)(O)CCC1O. The van der Waals surface area contributed by atoms with Gasteiger partial charge in [-0.1, -0.05) is 0 Å². The fraction of sp³-hybridized carbons (Fsp3) is 1.00. The largest absolute Gasteiger partial charge is 0.392 e. The minimum atomic E-state index is -0.621. The van der Waals surface area contributed by atoms with Gasteiger partial charge in [0.25, 0.3) is 0 Å². The molecular formula is C10H21NO3. The molecule has 4 nitrogen and oxygen atoms in total. The predicted octanol–water partition coefficient (Wildman–Crippen LogP) is 0.234. The lowest BCUT2D eigenvalue weighted by molar-refractivity contribution is 0.0395. The number of rotatable bonds is 3. The van der Waals surface area contributed by atoms with E-state index < -0.39 is 5.60 Å². The molecule has 3 N–H and O–H groups in total. The van der Waals surface area contributed by atoms with E-state index in [-0.39, 0.29) is 12.1 Å². The quantitative estimate of drug-likeness (QED) is 0.454. The van der Waals surface area contributed by atoms with Crippen LogP contribution in [0.25, 0.3) is 0 Å². The summed E-state index contributed by atoms with van der Waals surface area (Å²) in [4.78, 5) is 0. The molecule has 0 saturated heterocycles. The van der Waals surface area contributed by atoms with Gasteiger partial charge in [0.15, 0.2) is 0 Å². The van der Waals surface area contributed by atoms with E-state index in [1.165, 1.54) is 0 Å². The van der Waals surface area contributed by atoms with Crippen LogP contribution in [-0.2, 0) is 4.74 Å². The van der Waals surface area contributed by atoms with Gasteiger partial charge < -0.3 is 14.9 Å². The molecule has 0 aromatic carbocycles. The Labute approximate surface area is 85.3 Å². The van der Waals surface area contributed by atoms with Crippen molar-refractivity contribution >= 4 is 0 Å². The van der Waals surface area contributed by atoms with Gasteiger partial charge in [-0.25, -0.2) is 0 Å². The minimum Gasteiger partial charge on any atom is -0.392 e. The second kappa shape index (κ2) is 5.07. The average molecular weight is 203 g/mol. The molecule has 0 bridgehead atoms. The van der Waals surface area contributed by atoms with Crippen LogP contribution < -0.4 is 5.32 Å². The number of hydrogen-bond donors (Lipinski definition) is 3. The van der Waals surface area contributed by atoms with E-state index >= 15 is 0 Å². The molecule has 0 spiro atoms. The Morgan fingerprint density at radius 3 is 2.71 bits per heavy atom. The molecule has 1 aliphatic carbocycles. The number of nitrogens with one attached hydrogen (secondary N) is 1. The molecule has 3 atom stereocenters. The van der Waals surface area contributed by atoms with Gasteiger partial charge in [0.2, 0.25) is 0 Å². The lowest BCUT2D eigenvalue weighted by Gasteiger charge is -2.21. The maximum Gasteiger partial charge on any atom is 0.0964 e. The van der Waals surface area contributed by atoms with E-state index in [4.69, 9.17) is 4.74 Å². The van der Waals surface area contributed by atoms with E-state index in [1.807, 2.05) is 6.92 Å². The van der Waals surface area contributed by atoms with Crippen LogP contribution in [-0.4, -0.2) is 41.8 Å². The normalized spacial score (nSPS) is 39.4. The second-order valence-corrected chi connectivity index (χ2v) is 4.39. The maximum absolute atomic E-state index is 9.85. The first kappa shape index (κ1) is 11.9. The third kappa shape index (κ3) is 3.53. The van der Waals surface area contributed by atoms with Gasteiger partial charge in [-0.15, -0.1) is 0 Å². The molecule has 0 radical (unpaired) electrons. The van der Waals surface area contributed by atoms with Crippen molar-refractivity contribution in [3.05, 3.63) is 0 Å². The average Bonchev–Trinajstić information content (AvgIpc) is 2.25. The molecule has 1 rings (SSSR count). The highest BCUT2D eigenvalue weighted by Gasteiger charge is 2.30. The first-order valence-corrected chi connectivity index (χ1v) is 5.18. The van der Waals surface area contributed by atoms with Gasteiger partial charge in [0.05, 0.1) is 18.4 Å². The monoisotopic (exact) mass is 203 g/mol. The highest BCUT2D eigenvalue weighted by molar-refractivity contribution is 4.86. The number of aliphatic hydroxyl groups is 2. The number of hydrogen-bond acceptors (Lipinski definition) is 4. The molecule has 14 heavy (non-hydrogen) atoms. The molecule has 0 aromatic heterocycles. The molecule has 0 heterocycles. The van der Waals surface area contributed by atoms with Gasteiger partial charge in [-0.05, 0) is 32.6 Å². The Hall–Kier alpha value is -0.160. The zero-order valence-electron chi connectivity index (χ0n) is 8.99. The molecule has 0 aromatic rings. The summed E-state index contributed by atoms with van der Waals surface area (Å²) in [7, 11) is 1.62. The van der Waals surface area contributed by atoms with E-state index in [9.17, 15) is 10.2 Å². The molecule has 0 aliphatic heterocycles. The van der Waals surface area contributed by atoms with Crippen LogP contribution in [0.5, 0.6) is 0 Å². The fourth-order valence-corrected chi connectivity index (χ4v) is 1.87. The summed E-state index contributed by atoms with van der Waals surface area (Å²) in [5.74, 6) is 0. The van der Waals surface area contributed by atoms with Crippen LogP contribution >= 0.6 is 0 Å². The lowest BCUT2D eigenvalue weighted by Crippen LogP contribution is -2.40. The van der Waals surface area contributed by atoms with Crippen LogP contribution in [0.4, 0.5) is 0 Å². The van der Waals surface area contributed by atoms with Crippen molar-refractivity contribution in [2.75, 3.05) is 13.8 Å². The standard InChI is InChI=1S/C10H21NO3/c1-10(13)5-3-8(11-7-14-2)9(12)4-6-10/h8-9,11-13H,3-7H2,1-2H3. The molecule has 1 aliphatic rings. The summed E-state index contributed by atoms with van der Waals surface area (Å²) in [5, 5.41) is 22.7. The summed E-state index contributed by atoms with van der Waals surface area (Å²) in [6.45, 7) is 2.28. The van der Waals surface area contributed by atoms with E-state index in [2.05, 4.69) is 5.32 Å². The van der Waals surface area contributed by atoms with Crippen molar-refractivity contribution in [1.82, 2.24) is 5.32 Å². The molecule has 84 valence electrons. The van der Waals surface area contributed by atoms with Crippen molar-refractivity contribution in [2.45, 2.75) is 50.4 Å². The van der Waals surface area contributed by atoms with Crippen LogP contribution in [0.2, 0.25) is 0 Å². The first-order chi connectivity index (χ1) is 6.55. The molecule has 0 amide bonds. The zero-order chi connectivity index (χ0) is 10.6. The highest BCUT2D eigenvalue weighted by Crippen LogP contribution is 2.26. The summed E-state index contributed by atoms with van der Waals surface area (Å²) in [6.07, 6.45) is 2.45. The summed E-state index contributed by atoms with van der Waals surface area (Å²) < 4.78 is 4.90. The lowest BCUT2D eigenvalue weighted by atomic mass is 9.97. The zero-order valence-corrected chi connectivity index (χ0v) is 8.99. The van der Waals surface area contributed by atoms with Crippen molar-refractivity contribution in [1.29, 1.82) is 0 Å². The van der Waals surface area contributed by atoms with Crippen molar-refractivity contribution in [3.8, 4) is 0 Å². The van der Waals surface area contributed by atoms with E-state index in [0.29, 0.717) is 19.6 Å². The van der Waals surface area contributed by atoms with Crippen LogP contribution in [0.3, 0.4) is 0 Å². The first-order valence-electron chi connectivity index (χ1n) is 5.18.